The summed E-state index contributed by atoms with van der Waals surface area (Å²) in [5, 5.41) is 0. The average molecular weight is 340 g/mol. The van der Waals surface area contributed by atoms with E-state index in [0.29, 0.717) is 12.6 Å². The van der Waals surface area contributed by atoms with Crippen LogP contribution in [0.3, 0.4) is 0 Å². The Labute approximate surface area is 144 Å². The van der Waals surface area contributed by atoms with Crippen LogP contribution in [0.1, 0.15) is 34.6 Å². The minimum absolute atomic E-state index is 0.0241. The van der Waals surface area contributed by atoms with Crippen molar-refractivity contribution in [2.45, 2.75) is 58.4 Å². The highest BCUT2D eigenvalue weighted by Crippen LogP contribution is 2.31. The second kappa shape index (κ2) is 8.22. The van der Waals surface area contributed by atoms with Crippen LogP contribution in [-0.2, 0) is 9.47 Å². The van der Waals surface area contributed by atoms with Gasteiger partial charge in [-0.05, 0) is 40.7 Å². The smallest absolute Gasteiger partial charge is 0.145 e. The number of aliphatic imine (C=N–C) groups is 1. The third-order valence-electron chi connectivity index (χ3n) is 3.79. The van der Waals surface area contributed by atoms with Crippen molar-refractivity contribution in [3.8, 4) is 0 Å². The fraction of sp³-hybridized carbons (Fsp3) is 0.706. The molecule has 0 spiro atoms. The molecule has 2 rings (SSSR count). The fourth-order valence-corrected chi connectivity index (χ4v) is 3.62. The predicted molar refractivity (Wildman–Crippen MR) is 97.3 cm³/mol. The van der Waals surface area contributed by atoms with E-state index in [-0.39, 0.29) is 17.8 Å². The van der Waals surface area contributed by atoms with Crippen LogP contribution in [0.25, 0.3) is 0 Å². The number of amidine groups is 1. The summed E-state index contributed by atoms with van der Waals surface area (Å²) in [5.74, 6) is 2.59. The molecule has 0 aromatic carbocycles. The van der Waals surface area contributed by atoms with Gasteiger partial charge in [-0.1, -0.05) is 6.58 Å². The number of thioether (sulfide) groups is 1. The number of hydrogen-bond donors (Lipinski definition) is 0. The molecule has 1 fully saturated rings. The lowest BCUT2D eigenvalue weighted by molar-refractivity contribution is -0.0490. The van der Waals surface area contributed by atoms with Crippen molar-refractivity contribution in [3.63, 3.8) is 0 Å². The van der Waals surface area contributed by atoms with Gasteiger partial charge in [-0.3, -0.25) is 0 Å². The van der Waals surface area contributed by atoms with E-state index in [9.17, 15) is 0 Å². The predicted octanol–water partition coefficient (Wildman–Crippen LogP) is 3.26. The molecule has 2 aliphatic rings. The molecule has 0 unspecified atom stereocenters. The van der Waals surface area contributed by atoms with Crippen molar-refractivity contribution >= 4 is 17.6 Å². The SMILES string of the molecule is C=C1N=C(N(CC)C(C)C)C=CN1[C@H]1CS[C@@H](COC(C)C)O1. The summed E-state index contributed by atoms with van der Waals surface area (Å²) in [6.45, 7) is 16.2. The molecule has 0 amide bonds. The molecule has 0 saturated carbocycles. The van der Waals surface area contributed by atoms with E-state index < -0.39 is 0 Å². The van der Waals surface area contributed by atoms with Crippen LogP contribution >= 0.6 is 11.8 Å². The Balaban J connectivity index is 1.93. The van der Waals surface area contributed by atoms with Crippen LogP contribution in [0.2, 0.25) is 0 Å². The van der Waals surface area contributed by atoms with E-state index >= 15 is 0 Å². The summed E-state index contributed by atoms with van der Waals surface area (Å²) in [5.41, 5.74) is 0.0804. The van der Waals surface area contributed by atoms with Gasteiger partial charge in [0, 0.05) is 24.5 Å². The van der Waals surface area contributed by atoms with Gasteiger partial charge in [0.15, 0.2) is 0 Å². The van der Waals surface area contributed by atoms with E-state index in [0.717, 1.165) is 24.0 Å². The van der Waals surface area contributed by atoms with Crippen molar-refractivity contribution in [2.24, 2.45) is 4.99 Å². The van der Waals surface area contributed by atoms with Gasteiger partial charge in [0.2, 0.25) is 0 Å². The molecule has 0 radical (unpaired) electrons. The maximum absolute atomic E-state index is 6.06. The molecule has 0 aromatic heterocycles. The topological polar surface area (TPSA) is 37.3 Å². The molecular formula is C17H29N3O2S. The molecule has 0 N–H and O–H groups in total. The molecule has 0 aromatic rings. The molecule has 2 heterocycles. The summed E-state index contributed by atoms with van der Waals surface area (Å²) < 4.78 is 11.7. The van der Waals surface area contributed by atoms with E-state index in [1.165, 1.54) is 0 Å². The lowest BCUT2D eigenvalue weighted by atomic mass is 10.3. The number of likely N-dealkylation sites (N-methyl/N-ethyl adjacent to an activating group) is 1. The summed E-state index contributed by atoms with van der Waals surface area (Å²) in [6.07, 6.45) is 4.28. The maximum atomic E-state index is 6.06. The molecule has 6 heteroatoms. The van der Waals surface area contributed by atoms with E-state index in [1.807, 2.05) is 31.0 Å². The first kappa shape index (κ1) is 18.4. The minimum Gasteiger partial charge on any atom is -0.375 e. The molecule has 0 aliphatic carbocycles. The summed E-state index contributed by atoms with van der Waals surface area (Å²) in [6, 6.07) is 0.415. The van der Waals surface area contributed by atoms with Crippen molar-refractivity contribution in [1.29, 1.82) is 0 Å². The molecule has 1 saturated heterocycles. The molecule has 23 heavy (non-hydrogen) atoms. The highest BCUT2D eigenvalue weighted by atomic mass is 32.2. The second-order valence-corrected chi connectivity index (χ2v) is 7.42. The summed E-state index contributed by atoms with van der Waals surface area (Å²) in [4.78, 5) is 8.93. The molecule has 2 atom stereocenters. The normalized spacial score (nSPS) is 24.7. The van der Waals surface area contributed by atoms with Gasteiger partial charge in [0.05, 0.1) is 12.7 Å². The highest BCUT2D eigenvalue weighted by Gasteiger charge is 2.32. The van der Waals surface area contributed by atoms with Crippen LogP contribution in [0, 0.1) is 0 Å². The van der Waals surface area contributed by atoms with Gasteiger partial charge < -0.3 is 19.3 Å². The summed E-state index contributed by atoms with van der Waals surface area (Å²) >= 11 is 1.78. The second-order valence-electron chi connectivity index (χ2n) is 6.22. The van der Waals surface area contributed by atoms with Gasteiger partial charge >= 0.3 is 0 Å². The van der Waals surface area contributed by atoms with Crippen LogP contribution in [-0.4, -0.2) is 58.3 Å². The highest BCUT2D eigenvalue weighted by molar-refractivity contribution is 8.00. The zero-order chi connectivity index (χ0) is 17.0. The van der Waals surface area contributed by atoms with Crippen LogP contribution in [0.15, 0.2) is 29.7 Å². The van der Waals surface area contributed by atoms with E-state index in [4.69, 9.17) is 9.47 Å². The van der Waals surface area contributed by atoms with E-state index in [1.54, 1.807) is 11.8 Å². The number of rotatable bonds is 6. The molecule has 130 valence electrons. The van der Waals surface area contributed by atoms with E-state index in [2.05, 4.69) is 37.2 Å². The monoisotopic (exact) mass is 339 g/mol. The van der Waals surface area contributed by atoms with Crippen molar-refractivity contribution in [1.82, 2.24) is 9.80 Å². The van der Waals surface area contributed by atoms with Crippen molar-refractivity contribution in [2.75, 3.05) is 18.9 Å². The largest absolute Gasteiger partial charge is 0.375 e. The van der Waals surface area contributed by atoms with Crippen molar-refractivity contribution in [3.05, 3.63) is 24.7 Å². The van der Waals surface area contributed by atoms with Crippen LogP contribution in [0.4, 0.5) is 0 Å². The Hall–Kier alpha value is -0.980. The number of hydrogen-bond acceptors (Lipinski definition) is 6. The molecular weight excluding hydrogens is 310 g/mol. The van der Waals surface area contributed by atoms with Gasteiger partial charge in [0.25, 0.3) is 0 Å². The Morgan fingerprint density at radius 1 is 1.48 bits per heavy atom. The first-order valence-electron chi connectivity index (χ1n) is 8.31. The summed E-state index contributed by atoms with van der Waals surface area (Å²) in [7, 11) is 0. The lowest BCUT2D eigenvalue weighted by Gasteiger charge is -2.33. The first-order valence-corrected chi connectivity index (χ1v) is 9.36. The number of ether oxygens (including phenoxy) is 2. The maximum Gasteiger partial charge on any atom is 0.145 e. The first-order chi connectivity index (χ1) is 10.9. The fourth-order valence-electron chi connectivity index (χ4n) is 2.62. The van der Waals surface area contributed by atoms with Gasteiger partial charge in [0.1, 0.15) is 23.3 Å². The van der Waals surface area contributed by atoms with Crippen molar-refractivity contribution < 1.29 is 9.47 Å². The molecule has 0 bridgehead atoms. The van der Waals surface area contributed by atoms with Gasteiger partial charge in [-0.15, -0.1) is 11.8 Å². The Bertz CT molecular complexity index is 476. The molecule has 5 nitrogen and oxygen atoms in total. The quantitative estimate of drug-likeness (QED) is 0.742. The zero-order valence-electron chi connectivity index (χ0n) is 14.9. The van der Waals surface area contributed by atoms with Crippen LogP contribution in [0.5, 0.6) is 0 Å². The third-order valence-corrected chi connectivity index (χ3v) is 4.89. The standard InChI is InChI=1S/C17H29N3O2S/c1-7-19(12(2)3)15-8-9-20(14(6)18-15)16-11-23-17(22-16)10-21-13(4)5/h8-9,12-13,16-17H,6-7,10-11H2,1-5H3/t16-,17+/m1/s1. The Morgan fingerprint density at radius 3 is 2.78 bits per heavy atom. The van der Waals surface area contributed by atoms with Gasteiger partial charge in [-0.25, -0.2) is 4.99 Å². The third kappa shape index (κ3) is 4.75. The Kier molecular flexibility index (Phi) is 6.56. The number of nitrogens with zero attached hydrogens (tertiary/aromatic N) is 3. The Morgan fingerprint density at radius 2 is 2.22 bits per heavy atom. The van der Waals surface area contributed by atoms with Crippen LogP contribution < -0.4 is 0 Å². The average Bonchev–Trinajstić information content (AvgIpc) is 2.94. The lowest BCUT2D eigenvalue weighted by Crippen LogP contribution is -2.40. The molecule has 2 aliphatic heterocycles. The zero-order valence-corrected chi connectivity index (χ0v) is 15.7. The van der Waals surface area contributed by atoms with Gasteiger partial charge in [-0.2, -0.15) is 0 Å². The minimum atomic E-state index is -0.0241.